The van der Waals surface area contributed by atoms with Crippen molar-refractivity contribution in [3.8, 4) is 11.8 Å². The Bertz CT molecular complexity index is 1330. The normalized spacial score (nSPS) is 30.3. The van der Waals surface area contributed by atoms with Crippen LogP contribution in [-0.2, 0) is 10.1 Å². The molecule has 0 aliphatic carbocycles. The molecule has 4 bridgehead atoms. The molecule has 4 fully saturated rings. The van der Waals surface area contributed by atoms with E-state index in [1.165, 1.54) is 49.4 Å². The van der Waals surface area contributed by atoms with Gasteiger partial charge < -0.3 is 14.0 Å². The Labute approximate surface area is 234 Å². The smallest absolute Gasteiger partial charge is 0.376 e. The summed E-state index contributed by atoms with van der Waals surface area (Å²) in [6, 6.07) is 19.0. The summed E-state index contributed by atoms with van der Waals surface area (Å²) >= 11 is 0. The van der Waals surface area contributed by atoms with E-state index in [9.17, 15) is 21.6 Å². The van der Waals surface area contributed by atoms with Gasteiger partial charge in [-0.05, 0) is 113 Å². The first-order chi connectivity index (χ1) is 18.9. The molecule has 4 heterocycles. The summed E-state index contributed by atoms with van der Waals surface area (Å²) in [7, 11) is -1.25. The highest BCUT2D eigenvalue weighted by Gasteiger charge is 2.48. The number of nitriles is 1. The molecule has 0 spiro atoms. The van der Waals surface area contributed by atoms with Gasteiger partial charge >= 0.3 is 15.6 Å². The summed E-state index contributed by atoms with van der Waals surface area (Å²) in [5, 5.41) is 8.96. The maximum atomic E-state index is 12.4. The number of fused-ring (bicyclic) bond motifs is 4. The van der Waals surface area contributed by atoms with E-state index >= 15 is 0 Å². The van der Waals surface area contributed by atoms with E-state index in [1.807, 2.05) is 18.2 Å². The first-order valence-electron chi connectivity index (χ1n) is 14.0. The topological polar surface area (TPSA) is 73.6 Å². The minimum absolute atomic E-state index is 0.223. The number of piperidine rings is 2. The Hall–Kier alpha value is -2.61. The molecule has 2 unspecified atom stereocenters. The third-order valence-electron chi connectivity index (χ3n) is 9.50. The van der Waals surface area contributed by atoms with Crippen LogP contribution < -0.4 is 4.18 Å². The highest BCUT2D eigenvalue weighted by molar-refractivity contribution is 7.88. The minimum atomic E-state index is -5.62. The molecule has 40 heavy (non-hydrogen) atoms. The van der Waals surface area contributed by atoms with Gasteiger partial charge in [0.15, 0.2) is 0 Å². The number of rotatable bonds is 4. The largest absolute Gasteiger partial charge is 0.534 e. The Morgan fingerprint density at radius 2 is 1.25 bits per heavy atom. The Morgan fingerprint density at radius 3 is 1.70 bits per heavy atom. The van der Waals surface area contributed by atoms with Crippen molar-refractivity contribution in [2.75, 3.05) is 14.1 Å². The molecule has 4 aliphatic heterocycles. The molecule has 0 amide bonds. The lowest BCUT2D eigenvalue weighted by molar-refractivity contribution is -0.0500. The van der Waals surface area contributed by atoms with Crippen LogP contribution in [0.2, 0.25) is 0 Å². The number of halogens is 3. The van der Waals surface area contributed by atoms with Crippen LogP contribution >= 0.6 is 0 Å². The lowest BCUT2D eigenvalue weighted by atomic mass is 9.85. The van der Waals surface area contributed by atoms with Crippen molar-refractivity contribution in [3.05, 3.63) is 65.2 Å². The number of nitrogens with zero attached hydrogens (tertiary/aromatic N) is 3. The maximum Gasteiger partial charge on any atom is 0.534 e. The zero-order valence-electron chi connectivity index (χ0n) is 22.8. The predicted molar refractivity (Wildman–Crippen MR) is 146 cm³/mol. The van der Waals surface area contributed by atoms with Crippen molar-refractivity contribution in [2.24, 2.45) is 0 Å². The second-order valence-corrected chi connectivity index (χ2v) is 13.3. The van der Waals surface area contributed by atoms with Crippen LogP contribution in [0, 0.1) is 11.3 Å². The van der Waals surface area contributed by atoms with E-state index in [4.69, 9.17) is 5.26 Å². The van der Waals surface area contributed by atoms with Crippen LogP contribution in [-0.4, -0.2) is 62.0 Å². The van der Waals surface area contributed by atoms with Gasteiger partial charge in [-0.15, -0.1) is 0 Å². The van der Waals surface area contributed by atoms with E-state index in [1.54, 1.807) is 0 Å². The molecule has 2 aromatic carbocycles. The molecule has 4 saturated heterocycles. The predicted octanol–water partition coefficient (Wildman–Crippen LogP) is 6.15. The van der Waals surface area contributed by atoms with Gasteiger partial charge in [0.2, 0.25) is 0 Å². The van der Waals surface area contributed by atoms with Crippen molar-refractivity contribution in [1.82, 2.24) is 9.80 Å². The average molecular weight is 576 g/mol. The molecule has 0 saturated carbocycles. The average Bonchev–Trinajstić information content (AvgIpc) is 3.23. The molecule has 216 valence electrons. The summed E-state index contributed by atoms with van der Waals surface area (Å²) < 4.78 is 63.7. The monoisotopic (exact) mass is 575 g/mol. The molecule has 0 radical (unpaired) electrons. The third kappa shape index (κ3) is 6.02. The Kier molecular flexibility index (Phi) is 8.20. The molecule has 6 nitrogen and oxygen atoms in total. The molecule has 6 atom stereocenters. The lowest BCUT2D eigenvalue weighted by Gasteiger charge is -2.36. The van der Waals surface area contributed by atoms with Crippen LogP contribution in [0.3, 0.4) is 0 Å². The second-order valence-electron chi connectivity index (χ2n) is 11.7. The Morgan fingerprint density at radius 1 is 0.800 bits per heavy atom. The van der Waals surface area contributed by atoms with Crippen molar-refractivity contribution < 1.29 is 25.8 Å². The van der Waals surface area contributed by atoms with E-state index < -0.39 is 15.6 Å². The third-order valence-corrected chi connectivity index (χ3v) is 10.5. The fraction of sp³-hybridized carbons (Fsp3) is 0.567. The zero-order chi connectivity index (χ0) is 28.7. The van der Waals surface area contributed by atoms with Crippen LogP contribution in [0.5, 0.6) is 5.75 Å². The quantitative estimate of drug-likeness (QED) is 0.322. The van der Waals surface area contributed by atoms with E-state index in [-0.39, 0.29) is 11.7 Å². The molecule has 6 rings (SSSR count). The van der Waals surface area contributed by atoms with Crippen LogP contribution in [0.25, 0.3) is 0 Å². The van der Waals surface area contributed by atoms with Gasteiger partial charge in [-0.3, -0.25) is 0 Å². The van der Waals surface area contributed by atoms with Gasteiger partial charge in [0.1, 0.15) is 5.75 Å². The van der Waals surface area contributed by atoms with Crippen molar-refractivity contribution in [3.63, 3.8) is 0 Å². The summed E-state index contributed by atoms with van der Waals surface area (Å²) in [6.07, 6.45) is 9.38. The maximum absolute atomic E-state index is 12.4. The van der Waals surface area contributed by atoms with Crippen LogP contribution in [0.15, 0.2) is 48.5 Å². The lowest BCUT2D eigenvalue weighted by Crippen LogP contribution is -2.39. The van der Waals surface area contributed by atoms with Crippen molar-refractivity contribution >= 4 is 10.1 Å². The van der Waals surface area contributed by atoms with Gasteiger partial charge in [0.25, 0.3) is 0 Å². The number of hydrogen-bond donors (Lipinski definition) is 0. The summed E-state index contributed by atoms with van der Waals surface area (Å²) in [4.78, 5) is 4.93. The number of benzene rings is 2. The molecule has 4 aliphatic rings. The first kappa shape index (κ1) is 28.9. The van der Waals surface area contributed by atoms with E-state index in [0.29, 0.717) is 18.0 Å². The second kappa shape index (κ2) is 11.3. The number of alkyl halides is 3. The van der Waals surface area contributed by atoms with Crippen LogP contribution in [0.4, 0.5) is 13.2 Å². The minimum Gasteiger partial charge on any atom is -0.376 e. The highest BCUT2D eigenvalue weighted by Crippen LogP contribution is 2.43. The standard InChI is InChI=1S/C15H18F3NO3S.C15H18N2/c1-19-12-5-6-13(19)8-11(7-12)10-3-2-4-14(9-10)22-23(20,21)15(16,17)18;1-17-14-5-6-15(17)9-13(8-14)12-4-2-3-11(7-12)10-16/h2-4,9,11-13H,5-8H2,1H3;2-4,7,13-15H,5-6,8-9H2,1H3/t11?,12-,13+;13?,14-,15+. The van der Waals surface area contributed by atoms with Crippen LogP contribution in [0.1, 0.15) is 79.9 Å². The van der Waals surface area contributed by atoms with Crippen molar-refractivity contribution in [2.45, 2.75) is 92.9 Å². The summed E-state index contributed by atoms with van der Waals surface area (Å²) in [5.74, 6) is 0.601. The number of hydrogen-bond acceptors (Lipinski definition) is 6. The highest BCUT2D eigenvalue weighted by atomic mass is 32.2. The summed E-state index contributed by atoms with van der Waals surface area (Å²) in [5.41, 5.74) is -2.41. The van der Waals surface area contributed by atoms with Gasteiger partial charge in [-0.1, -0.05) is 24.3 Å². The fourth-order valence-electron chi connectivity index (χ4n) is 7.22. The van der Waals surface area contributed by atoms with Gasteiger partial charge in [0.05, 0.1) is 11.6 Å². The van der Waals surface area contributed by atoms with Gasteiger partial charge in [-0.25, -0.2) is 0 Å². The summed E-state index contributed by atoms with van der Waals surface area (Å²) in [6.45, 7) is 0. The molecule has 0 N–H and O–H groups in total. The zero-order valence-corrected chi connectivity index (χ0v) is 23.7. The molecule has 2 aromatic rings. The van der Waals surface area contributed by atoms with Crippen molar-refractivity contribution in [1.29, 1.82) is 5.26 Å². The fourth-order valence-corrected chi connectivity index (χ4v) is 7.68. The van der Waals surface area contributed by atoms with E-state index in [0.717, 1.165) is 48.9 Å². The van der Waals surface area contributed by atoms with Gasteiger partial charge in [-0.2, -0.15) is 26.9 Å². The Balaban J connectivity index is 0.000000168. The molecular formula is C30H36F3N3O3S. The first-order valence-corrected chi connectivity index (χ1v) is 15.4. The molecule has 0 aromatic heterocycles. The SMILES string of the molecule is CN1[C@@H]2CC[C@H]1CC(c1cccc(C#N)c1)C2.CN1[C@@H]2CC[C@H]1CC(c1cccc(OS(=O)(=O)C(F)(F)F)c1)C2. The molecule has 10 heteroatoms. The van der Waals surface area contributed by atoms with Gasteiger partial charge in [0, 0.05) is 24.2 Å². The van der Waals surface area contributed by atoms with E-state index in [2.05, 4.69) is 46.3 Å². The molecular weight excluding hydrogens is 539 g/mol.